The van der Waals surface area contributed by atoms with Crippen molar-refractivity contribution in [2.45, 2.75) is 26.2 Å². The highest BCUT2D eigenvalue weighted by Gasteiger charge is 2.14. The summed E-state index contributed by atoms with van der Waals surface area (Å²) >= 11 is 0. The van der Waals surface area contributed by atoms with E-state index >= 15 is 0 Å². The second-order valence-electron chi connectivity index (χ2n) is 8.54. The lowest BCUT2D eigenvalue weighted by Gasteiger charge is -2.22. The van der Waals surface area contributed by atoms with E-state index in [0.717, 1.165) is 11.1 Å². The minimum atomic E-state index is -0.986. The molecular weight excluding hydrogens is 478 g/mol. The maximum Gasteiger partial charge on any atom is 0.323 e. The molecule has 0 radical (unpaired) electrons. The Hall–Kier alpha value is -4.28. The quantitative estimate of drug-likeness (QED) is 0.344. The molecule has 4 N–H and O–H groups in total. The maximum atomic E-state index is 12.6. The van der Waals surface area contributed by atoms with E-state index in [1.54, 1.807) is 31.1 Å². The number of hydrogen-bond donors (Lipinski definition) is 4. The predicted molar refractivity (Wildman–Crippen MR) is 141 cm³/mol. The molecule has 0 spiro atoms. The molecule has 5 amide bonds. The number of benzene rings is 2. The minimum Gasteiger partial charge on any atom is -0.495 e. The van der Waals surface area contributed by atoms with Crippen LogP contribution in [0.15, 0.2) is 42.5 Å². The van der Waals surface area contributed by atoms with Gasteiger partial charge in [-0.1, -0.05) is 24.3 Å². The third-order valence-corrected chi connectivity index (χ3v) is 5.69. The number of ether oxygens (including phenoxy) is 1. The largest absolute Gasteiger partial charge is 0.495 e. The molecule has 200 valence electrons. The van der Waals surface area contributed by atoms with Crippen LogP contribution >= 0.6 is 0 Å². The Morgan fingerprint density at radius 1 is 0.919 bits per heavy atom. The van der Waals surface area contributed by atoms with E-state index in [1.807, 2.05) is 37.3 Å². The van der Waals surface area contributed by atoms with Crippen LogP contribution in [0.2, 0.25) is 0 Å². The molecular formula is C26H35N5O6. The molecule has 2 aromatic rings. The standard InChI is InChI=1S/C26H35N5O6/c1-18-7-5-6-8-20(18)28-25(35)29-21-11-9-19(17-22(21)37-4)10-12-23(32)30(2)15-16-31(3)26(36)27-14-13-24(33)34/h5-9,11,17H,10,12-16H2,1-4H3,(H,27,36)(H,33,34)(H2,28,29,35). The highest BCUT2D eigenvalue weighted by molar-refractivity contribution is 6.01. The Balaban J connectivity index is 1.83. The maximum absolute atomic E-state index is 12.6. The van der Waals surface area contributed by atoms with Gasteiger partial charge >= 0.3 is 18.0 Å². The Bertz CT molecular complexity index is 1110. The number of amides is 5. The van der Waals surface area contributed by atoms with Crippen molar-refractivity contribution in [3.05, 3.63) is 53.6 Å². The van der Waals surface area contributed by atoms with Gasteiger partial charge in [0.2, 0.25) is 5.91 Å². The van der Waals surface area contributed by atoms with E-state index in [4.69, 9.17) is 9.84 Å². The van der Waals surface area contributed by atoms with Crippen LogP contribution in [0, 0.1) is 6.92 Å². The van der Waals surface area contributed by atoms with Crippen LogP contribution < -0.4 is 20.7 Å². The molecule has 0 heterocycles. The summed E-state index contributed by atoms with van der Waals surface area (Å²) < 4.78 is 5.43. The van der Waals surface area contributed by atoms with Crippen molar-refractivity contribution >= 4 is 35.3 Å². The number of methoxy groups -OCH3 is 1. The van der Waals surface area contributed by atoms with Crippen molar-refractivity contribution in [3.63, 3.8) is 0 Å². The Kier molecular flexibility index (Phi) is 11.2. The van der Waals surface area contributed by atoms with Gasteiger partial charge in [-0.15, -0.1) is 0 Å². The van der Waals surface area contributed by atoms with E-state index in [2.05, 4.69) is 16.0 Å². The van der Waals surface area contributed by atoms with Crippen molar-refractivity contribution in [2.24, 2.45) is 0 Å². The first-order valence-electron chi connectivity index (χ1n) is 11.9. The number of carbonyl (C=O) groups excluding carboxylic acids is 3. The Morgan fingerprint density at radius 3 is 2.27 bits per heavy atom. The van der Waals surface area contributed by atoms with Crippen molar-refractivity contribution < 1.29 is 29.0 Å². The summed E-state index contributed by atoms with van der Waals surface area (Å²) in [6.45, 7) is 2.59. The summed E-state index contributed by atoms with van der Waals surface area (Å²) in [5.41, 5.74) is 3.03. The van der Waals surface area contributed by atoms with Gasteiger partial charge in [-0.05, 0) is 42.7 Å². The number of aryl methyl sites for hydroxylation is 2. The van der Waals surface area contributed by atoms with Gasteiger partial charge in [0.1, 0.15) is 5.75 Å². The van der Waals surface area contributed by atoms with Gasteiger partial charge in [0, 0.05) is 45.8 Å². The van der Waals surface area contributed by atoms with Crippen LogP contribution in [-0.2, 0) is 16.0 Å². The van der Waals surface area contributed by atoms with Gasteiger partial charge in [-0.3, -0.25) is 9.59 Å². The third-order valence-electron chi connectivity index (χ3n) is 5.69. The Labute approximate surface area is 216 Å². The summed E-state index contributed by atoms with van der Waals surface area (Å²) in [5.74, 6) is -0.590. The molecule has 0 saturated heterocycles. The van der Waals surface area contributed by atoms with Gasteiger partial charge in [0.05, 0.1) is 19.2 Å². The number of hydrogen-bond acceptors (Lipinski definition) is 5. The summed E-state index contributed by atoms with van der Waals surface area (Å²) in [6.07, 6.45) is 0.579. The number of rotatable bonds is 12. The summed E-state index contributed by atoms with van der Waals surface area (Å²) in [5, 5.41) is 16.7. The molecule has 0 saturated carbocycles. The third kappa shape index (κ3) is 9.71. The summed E-state index contributed by atoms with van der Waals surface area (Å²) in [6, 6.07) is 12.0. The number of carboxylic acids is 1. The molecule has 0 unspecified atom stereocenters. The topological polar surface area (TPSA) is 140 Å². The average molecular weight is 514 g/mol. The van der Waals surface area contributed by atoms with Gasteiger partial charge in [-0.25, -0.2) is 9.59 Å². The molecule has 0 aliphatic carbocycles. The number of nitrogens with one attached hydrogen (secondary N) is 3. The lowest BCUT2D eigenvalue weighted by Crippen LogP contribution is -2.42. The average Bonchev–Trinajstić information content (AvgIpc) is 2.87. The number of carbonyl (C=O) groups is 4. The van der Waals surface area contributed by atoms with E-state index < -0.39 is 18.0 Å². The normalized spacial score (nSPS) is 10.3. The SMILES string of the molecule is COc1cc(CCC(=O)N(C)CCN(C)C(=O)NCCC(=O)O)ccc1NC(=O)Nc1ccccc1C. The first-order chi connectivity index (χ1) is 17.6. The van der Waals surface area contributed by atoms with E-state index in [0.29, 0.717) is 36.6 Å². The van der Waals surface area contributed by atoms with Crippen LogP contribution in [0.25, 0.3) is 0 Å². The fourth-order valence-corrected chi connectivity index (χ4v) is 3.36. The number of likely N-dealkylation sites (N-methyl/N-ethyl adjacent to an activating group) is 2. The Morgan fingerprint density at radius 2 is 1.59 bits per heavy atom. The molecule has 2 aromatic carbocycles. The number of para-hydroxylation sites is 1. The highest BCUT2D eigenvalue weighted by atomic mass is 16.5. The number of carboxylic acid groups (broad SMARTS) is 1. The van der Waals surface area contributed by atoms with Crippen LogP contribution in [-0.4, -0.2) is 79.7 Å². The van der Waals surface area contributed by atoms with Gasteiger partial charge in [0.25, 0.3) is 0 Å². The van der Waals surface area contributed by atoms with Crippen molar-refractivity contribution in [1.29, 1.82) is 0 Å². The second kappa shape index (κ2) is 14.3. The van der Waals surface area contributed by atoms with Crippen LogP contribution in [0.3, 0.4) is 0 Å². The van der Waals surface area contributed by atoms with Crippen LogP contribution in [0.4, 0.5) is 21.0 Å². The van der Waals surface area contributed by atoms with Gasteiger partial charge in [-0.2, -0.15) is 0 Å². The summed E-state index contributed by atoms with van der Waals surface area (Å²) in [7, 11) is 4.76. The second-order valence-corrected chi connectivity index (χ2v) is 8.54. The zero-order chi connectivity index (χ0) is 27.4. The van der Waals surface area contributed by atoms with Crippen molar-refractivity contribution in [2.75, 3.05) is 51.5 Å². The smallest absolute Gasteiger partial charge is 0.323 e. The van der Waals surface area contributed by atoms with E-state index in [9.17, 15) is 19.2 Å². The fourth-order valence-electron chi connectivity index (χ4n) is 3.36. The zero-order valence-corrected chi connectivity index (χ0v) is 21.7. The number of nitrogens with zero attached hydrogens (tertiary/aromatic N) is 2. The van der Waals surface area contributed by atoms with Gasteiger partial charge in [0.15, 0.2) is 0 Å². The monoisotopic (exact) mass is 513 g/mol. The van der Waals surface area contributed by atoms with E-state index in [-0.39, 0.29) is 25.3 Å². The first kappa shape index (κ1) is 29.0. The number of aliphatic carboxylic acids is 1. The predicted octanol–water partition coefficient (Wildman–Crippen LogP) is 3.15. The van der Waals surface area contributed by atoms with Crippen LogP contribution in [0.5, 0.6) is 5.75 Å². The van der Waals surface area contributed by atoms with E-state index in [1.165, 1.54) is 12.0 Å². The molecule has 0 atom stereocenters. The fraction of sp³-hybridized carbons (Fsp3) is 0.385. The number of urea groups is 2. The molecule has 37 heavy (non-hydrogen) atoms. The van der Waals surface area contributed by atoms with Gasteiger partial charge < -0.3 is 35.6 Å². The number of anilines is 2. The molecule has 0 aliphatic heterocycles. The zero-order valence-electron chi connectivity index (χ0n) is 21.7. The lowest BCUT2D eigenvalue weighted by atomic mass is 10.1. The molecule has 2 rings (SSSR count). The molecule has 0 bridgehead atoms. The van der Waals surface area contributed by atoms with Crippen LogP contribution in [0.1, 0.15) is 24.0 Å². The van der Waals surface area contributed by atoms with Crippen molar-refractivity contribution in [1.82, 2.24) is 15.1 Å². The molecule has 0 aliphatic rings. The molecule has 11 nitrogen and oxygen atoms in total. The minimum absolute atomic E-state index is 0.0441. The van der Waals surface area contributed by atoms with Crippen molar-refractivity contribution in [3.8, 4) is 5.75 Å². The highest BCUT2D eigenvalue weighted by Crippen LogP contribution is 2.26. The molecule has 0 aromatic heterocycles. The molecule has 0 fully saturated rings. The first-order valence-corrected chi connectivity index (χ1v) is 11.9. The lowest BCUT2D eigenvalue weighted by molar-refractivity contribution is -0.136. The summed E-state index contributed by atoms with van der Waals surface area (Å²) in [4.78, 5) is 50.4. The molecule has 11 heteroatoms.